The van der Waals surface area contributed by atoms with Gasteiger partial charge >= 0.3 is 0 Å². The number of nitrogens with zero attached hydrogens (tertiary/aromatic N) is 2. The number of aromatic nitrogens is 1. The molecule has 1 aromatic heterocycles. The minimum Gasteiger partial charge on any atom is -0.481 e. The van der Waals surface area contributed by atoms with Crippen LogP contribution in [0.2, 0.25) is 10.0 Å². The molecule has 3 aromatic carbocycles. The predicted octanol–water partition coefficient (Wildman–Crippen LogP) is 7.43. The Labute approximate surface area is 285 Å². The molecule has 0 radical (unpaired) electrons. The van der Waals surface area contributed by atoms with Gasteiger partial charge in [-0.1, -0.05) is 83.9 Å². The van der Waals surface area contributed by atoms with E-state index in [1.54, 1.807) is 7.11 Å². The van der Waals surface area contributed by atoms with Crippen LogP contribution in [0.3, 0.4) is 0 Å². The molecule has 0 unspecified atom stereocenters. The van der Waals surface area contributed by atoms with Gasteiger partial charge in [0.15, 0.2) is 0 Å². The highest BCUT2D eigenvalue weighted by Crippen LogP contribution is 2.44. The summed E-state index contributed by atoms with van der Waals surface area (Å²) in [5.74, 6) is 1.68. The molecule has 0 bridgehead atoms. The van der Waals surface area contributed by atoms with E-state index in [1.807, 2.05) is 6.07 Å². The van der Waals surface area contributed by atoms with Crippen molar-refractivity contribution in [2.24, 2.45) is 5.92 Å². The Bertz CT molecular complexity index is 1770. The summed E-state index contributed by atoms with van der Waals surface area (Å²) in [6.07, 6.45) is 3.59. The summed E-state index contributed by atoms with van der Waals surface area (Å²) in [5, 5.41) is 14.3. The van der Waals surface area contributed by atoms with Gasteiger partial charge in [0.2, 0.25) is 11.8 Å². The molecule has 1 aliphatic heterocycles. The highest BCUT2D eigenvalue weighted by Gasteiger charge is 2.30. The van der Waals surface area contributed by atoms with Crippen LogP contribution in [0.1, 0.15) is 54.0 Å². The number of ether oxygens (including phenoxy) is 2. The average molecular weight is 673 g/mol. The van der Waals surface area contributed by atoms with Gasteiger partial charge in [-0.05, 0) is 65.6 Å². The van der Waals surface area contributed by atoms with E-state index >= 15 is 0 Å². The Hall–Kier alpha value is -3.46. The molecule has 2 atom stereocenters. The molecule has 9 heteroatoms. The fraction of sp³-hybridized carbons (Fsp3) is 0.368. The fourth-order valence-electron chi connectivity index (χ4n) is 7.16. The van der Waals surface area contributed by atoms with Crippen molar-refractivity contribution in [1.29, 1.82) is 0 Å². The molecule has 3 aliphatic rings. The fourth-order valence-corrected chi connectivity index (χ4v) is 7.71. The number of fused-ring (bicyclic) bond motifs is 1. The number of ketones is 1. The smallest absolute Gasteiger partial charge is 0.236 e. The van der Waals surface area contributed by atoms with Gasteiger partial charge in [-0.3, -0.25) is 9.69 Å². The van der Waals surface area contributed by atoms with Crippen molar-refractivity contribution < 1.29 is 19.4 Å². The van der Waals surface area contributed by atoms with Crippen LogP contribution < -0.4 is 14.8 Å². The third kappa shape index (κ3) is 6.92. The van der Waals surface area contributed by atoms with E-state index in [-0.39, 0.29) is 12.2 Å². The van der Waals surface area contributed by atoms with Gasteiger partial charge in [-0.15, -0.1) is 0 Å². The van der Waals surface area contributed by atoms with Gasteiger partial charge in [0, 0.05) is 55.7 Å². The van der Waals surface area contributed by atoms with Gasteiger partial charge < -0.3 is 19.9 Å². The molecule has 47 heavy (non-hydrogen) atoms. The van der Waals surface area contributed by atoms with Gasteiger partial charge in [0.25, 0.3) is 0 Å². The number of rotatable bonds is 11. The van der Waals surface area contributed by atoms with Crippen LogP contribution in [0.5, 0.6) is 11.8 Å². The highest BCUT2D eigenvalue weighted by atomic mass is 35.5. The molecule has 0 spiro atoms. The van der Waals surface area contributed by atoms with E-state index in [4.69, 9.17) is 32.7 Å². The van der Waals surface area contributed by atoms with Crippen molar-refractivity contribution in [3.8, 4) is 34.0 Å². The zero-order valence-electron chi connectivity index (χ0n) is 26.5. The number of carbonyl (C=O) groups excluding carboxylic acids is 1. The van der Waals surface area contributed by atoms with Gasteiger partial charge in [-0.2, -0.15) is 4.98 Å². The predicted molar refractivity (Wildman–Crippen MR) is 185 cm³/mol. The van der Waals surface area contributed by atoms with Crippen LogP contribution in [0.4, 0.5) is 0 Å². The van der Waals surface area contributed by atoms with E-state index in [0.717, 1.165) is 77.2 Å². The van der Waals surface area contributed by atoms with Crippen LogP contribution in [0, 0.1) is 5.92 Å². The first kappa shape index (κ1) is 32.1. The van der Waals surface area contributed by atoms with Crippen molar-refractivity contribution in [3.63, 3.8) is 0 Å². The maximum atomic E-state index is 11.6. The number of pyridine rings is 1. The van der Waals surface area contributed by atoms with Crippen LogP contribution in [0.15, 0.2) is 66.7 Å². The summed E-state index contributed by atoms with van der Waals surface area (Å²) >= 11 is 13.8. The maximum absolute atomic E-state index is 11.6. The van der Waals surface area contributed by atoms with Crippen molar-refractivity contribution in [3.05, 3.63) is 99.0 Å². The lowest BCUT2D eigenvalue weighted by atomic mass is 9.93. The summed E-state index contributed by atoms with van der Waals surface area (Å²) in [5.41, 5.74) is 8.56. The van der Waals surface area contributed by atoms with E-state index in [0.29, 0.717) is 54.5 Å². The number of aliphatic hydroxyl groups excluding tert-OH is 1. The molecular formula is C38H39Cl2N3O4. The Morgan fingerprint density at radius 3 is 2.47 bits per heavy atom. The lowest BCUT2D eigenvalue weighted by Gasteiger charge is -2.35. The second-order valence-electron chi connectivity index (χ2n) is 13.0. The van der Waals surface area contributed by atoms with Crippen LogP contribution in [0.25, 0.3) is 22.3 Å². The molecule has 4 aromatic rings. The largest absolute Gasteiger partial charge is 0.481 e. The number of aliphatic hydroxyl groups is 1. The Kier molecular flexibility index (Phi) is 9.53. The standard InChI is InChI=1S/C38H39Cl2N3O4/c1-46-37-26(20-43-21-28(45)22-43)17-34(39)38(42-37)47-35-15-14-31-30(5-3-6-32(31)35)33-7-2-4-29(36(33)40)25-11-8-23(9-12-25)18-41-19-24-10-13-27(44)16-24/h2-9,11-12,17,24,28,35,41,45H,10,13-16,18-22H2,1H3/t24-,35+/m1/s1. The van der Waals surface area contributed by atoms with E-state index in [2.05, 4.69) is 75.9 Å². The third-order valence-electron chi connectivity index (χ3n) is 9.64. The van der Waals surface area contributed by atoms with E-state index < -0.39 is 0 Å². The summed E-state index contributed by atoms with van der Waals surface area (Å²) < 4.78 is 12.0. The molecule has 2 N–H and O–H groups in total. The number of Topliss-reactive ketones (excluding diaryl/α,β-unsaturated/α-hetero) is 1. The number of methoxy groups -OCH3 is 1. The lowest BCUT2D eigenvalue weighted by molar-refractivity contribution is -0.117. The second-order valence-corrected chi connectivity index (χ2v) is 13.7. The Balaban J connectivity index is 1.07. The van der Waals surface area contributed by atoms with Crippen LogP contribution in [-0.4, -0.2) is 53.6 Å². The average Bonchev–Trinajstić information content (AvgIpc) is 3.67. The van der Waals surface area contributed by atoms with Crippen molar-refractivity contribution >= 4 is 29.0 Å². The zero-order chi connectivity index (χ0) is 32.5. The maximum Gasteiger partial charge on any atom is 0.236 e. The van der Waals surface area contributed by atoms with Crippen molar-refractivity contribution in [1.82, 2.24) is 15.2 Å². The minimum atomic E-state index is -0.280. The number of hydrogen-bond donors (Lipinski definition) is 2. The van der Waals surface area contributed by atoms with Gasteiger partial charge in [0.05, 0.1) is 18.2 Å². The van der Waals surface area contributed by atoms with Crippen molar-refractivity contribution in [2.75, 3.05) is 26.7 Å². The molecule has 0 amide bonds. The number of halogens is 2. The topological polar surface area (TPSA) is 83.9 Å². The normalized spacial score (nSPS) is 19.5. The Morgan fingerprint density at radius 2 is 1.72 bits per heavy atom. The molecule has 2 fully saturated rings. The highest BCUT2D eigenvalue weighted by molar-refractivity contribution is 6.36. The van der Waals surface area contributed by atoms with E-state index in [9.17, 15) is 9.90 Å². The summed E-state index contributed by atoms with van der Waals surface area (Å²) in [7, 11) is 1.60. The first-order chi connectivity index (χ1) is 22.9. The first-order valence-electron chi connectivity index (χ1n) is 16.4. The zero-order valence-corrected chi connectivity index (χ0v) is 28.0. The minimum absolute atomic E-state index is 0.201. The summed E-state index contributed by atoms with van der Waals surface area (Å²) in [4.78, 5) is 18.3. The molecule has 2 aliphatic carbocycles. The number of nitrogens with one attached hydrogen (secondary N) is 1. The molecule has 2 heterocycles. The monoisotopic (exact) mass is 671 g/mol. The first-order valence-corrected chi connectivity index (χ1v) is 17.1. The number of carbonyl (C=O) groups is 1. The molecule has 7 rings (SSSR count). The lowest BCUT2D eigenvalue weighted by Crippen LogP contribution is -2.49. The summed E-state index contributed by atoms with van der Waals surface area (Å²) in [6, 6.07) is 22.9. The number of hydrogen-bond acceptors (Lipinski definition) is 7. The van der Waals surface area contributed by atoms with Crippen molar-refractivity contribution in [2.45, 2.75) is 57.4 Å². The second kappa shape index (κ2) is 14.0. The van der Waals surface area contributed by atoms with Gasteiger partial charge in [0.1, 0.15) is 16.9 Å². The summed E-state index contributed by atoms with van der Waals surface area (Å²) in [6.45, 7) is 3.52. The molecular weight excluding hydrogens is 633 g/mol. The number of benzene rings is 3. The SMILES string of the molecule is COc1nc(O[C@H]2CCc3c(-c4cccc(-c5ccc(CNC[C@@H]6CCC(=O)C6)cc5)c4Cl)cccc32)c(Cl)cc1CN1CC(O)C1. The van der Waals surface area contributed by atoms with Crippen LogP contribution >= 0.6 is 23.2 Å². The Morgan fingerprint density at radius 1 is 0.957 bits per heavy atom. The molecule has 1 saturated carbocycles. The molecule has 7 nitrogen and oxygen atoms in total. The van der Waals surface area contributed by atoms with Crippen LogP contribution in [-0.2, 0) is 24.3 Å². The van der Waals surface area contributed by atoms with E-state index in [1.165, 1.54) is 11.1 Å². The number of β-amino-alcohol motifs (C(OH)–C–C–N with tert-alkyl or cyclic N) is 1. The third-order valence-corrected chi connectivity index (χ3v) is 10.3. The molecule has 244 valence electrons. The van der Waals surface area contributed by atoms with Gasteiger partial charge in [-0.25, -0.2) is 0 Å². The number of likely N-dealkylation sites (tertiary alicyclic amines) is 1. The molecule has 1 saturated heterocycles. The quantitative estimate of drug-likeness (QED) is 0.172.